The summed E-state index contributed by atoms with van der Waals surface area (Å²) in [7, 11) is 2.17. The summed E-state index contributed by atoms with van der Waals surface area (Å²) in [4.78, 5) is 18.5. The normalized spacial score (nSPS) is 25.8. The van der Waals surface area contributed by atoms with Gasteiger partial charge in [0, 0.05) is 36.6 Å². The molecule has 1 saturated heterocycles. The van der Waals surface area contributed by atoms with Crippen molar-refractivity contribution in [3.05, 3.63) is 35.3 Å². The Morgan fingerprint density at radius 3 is 2.93 bits per heavy atom. The fourth-order valence-electron chi connectivity index (χ4n) is 4.88. The summed E-state index contributed by atoms with van der Waals surface area (Å²) in [5.74, 6) is -0.426. The third-order valence-corrected chi connectivity index (χ3v) is 7.56. The lowest BCUT2D eigenvalue weighted by atomic mass is 9.90. The third-order valence-electron chi connectivity index (χ3n) is 6.69. The number of likely N-dealkylation sites (N-methyl/N-ethyl adjacent to an activating group) is 1. The molecular weight excluding hydrogens is 387 g/mol. The van der Waals surface area contributed by atoms with Gasteiger partial charge in [-0.2, -0.15) is 0 Å². The zero-order valence-corrected chi connectivity index (χ0v) is 18.3. The van der Waals surface area contributed by atoms with Crippen LogP contribution in [0.2, 0.25) is 0 Å². The van der Waals surface area contributed by atoms with Gasteiger partial charge in [-0.05, 0) is 70.0 Å². The monoisotopic (exact) mass is 418 g/mol. The molecule has 1 aromatic carbocycles. The number of H-pyrrole nitrogens is 1. The van der Waals surface area contributed by atoms with Gasteiger partial charge in [0.15, 0.2) is 0 Å². The van der Waals surface area contributed by atoms with Crippen molar-refractivity contribution < 1.29 is 9.18 Å². The number of aromatic amines is 1. The number of benzene rings is 1. The number of nitrogens with zero attached hydrogens (tertiary/aromatic N) is 2. The topological polar surface area (TPSA) is 51.4 Å². The van der Waals surface area contributed by atoms with E-state index in [0.717, 1.165) is 37.9 Å². The number of hydrogen-bond donors (Lipinski definition) is 2. The average molecular weight is 419 g/mol. The second kappa shape index (κ2) is 8.66. The van der Waals surface area contributed by atoms with E-state index in [9.17, 15) is 9.18 Å². The number of rotatable bonds is 5. The lowest BCUT2D eigenvalue weighted by Crippen LogP contribution is -2.46. The molecule has 0 radical (unpaired) electrons. The molecule has 1 aromatic heterocycles. The van der Waals surface area contributed by atoms with Crippen LogP contribution in [0.1, 0.15) is 48.2 Å². The molecule has 29 heavy (non-hydrogen) atoms. The van der Waals surface area contributed by atoms with Crippen molar-refractivity contribution in [2.75, 3.05) is 26.4 Å². The van der Waals surface area contributed by atoms with Crippen molar-refractivity contribution in [3.63, 3.8) is 0 Å². The number of carbonyl (C=O) groups excluding carboxylic acids is 1. The van der Waals surface area contributed by atoms with Gasteiger partial charge in [0.2, 0.25) is 0 Å². The van der Waals surface area contributed by atoms with Crippen LogP contribution in [0.25, 0.3) is 10.9 Å². The van der Waals surface area contributed by atoms with Gasteiger partial charge in [-0.15, -0.1) is 0 Å². The van der Waals surface area contributed by atoms with E-state index in [2.05, 4.69) is 32.8 Å². The predicted molar refractivity (Wildman–Crippen MR) is 118 cm³/mol. The first-order valence-electron chi connectivity index (χ1n) is 10.6. The molecule has 0 spiro atoms. The van der Waals surface area contributed by atoms with E-state index in [1.807, 2.05) is 6.92 Å². The smallest absolute Gasteiger partial charge is 0.267 e. The Labute approximate surface area is 176 Å². The van der Waals surface area contributed by atoms with Crippen LogP contribution in [-0.4, -0.2) is 64.6 Å². The highest BCUT2D eigenvalue weighted by Gasteiger charge is 2.33. The highest BCUT2D eigenvalue weighted by Crippen LogP contribution is 2.29. The molecule has 5 nitrogen and oxygen atoms in total. The summed E-state index contributed by atoms with van der Waals surface area (Å²) < 4.78 is 16.4. The van der Waals surface area contributed by atoms with Crippen LogP contribution in [0.3, 0.4) is 0 Å². The molecule has 1 aliphatic heterocycles. The molecule has 7 heteroatoms. The van der Waals surface area contributed by atoms with Crippen molar-refractivity contribution in [3.8, 4) is 0 Å². The van der Waals surface area contributed by atoms with Gasteiger partial charge >= 0.3 is 0 Å². The number of carbonyl (C=O) groups is 1. The second-order valence-corrected chi connectivity index (χ2v) is 9.43. The van der Waals surface area contributed by atoms with Gasteiger partial charge in [-0.3, -0.25) is 9.69 Å². The fourth-order valence-corrected chi connectivity index (χ4v) is 5.35. The van der Waals surface area contributed by atoms with Crippen LogP contribution in [0, 0.1) is 12.7 Å². The number of fused-ring (bicyclic) bond motifs is 1. The molecule has 0 bridgehead atoms. The zero-order chi connectivity index (χ0) is 20.5. The van der Waals surface area contributed by atoms with Gasteiger partial charge in [-0.1, -0.05) is 18.0 Å². The first-order valence-corrected chi connectivity index (χ1v) is 11.7. The summed E-state index contributed by atoms with van der Waals surface area (Å²) in [6.45, 7) is 4.17. The maximum atomic E-state index is 14.1. The van der Waals surface area contributed by atoms with Crippen molar-refractivity contribution in [1.82, 2.24) is 19.5 Å². The van der Waals surface area contributed by atoms with E-state index < -0.39 is 0 Å². The number of hydrogen-bond acceptors (Lipinski definition) is 4. The maximum absolute atomic E-state index is 14.1. The number of likely N-dealkylation sites (tertiary alicyclic amines) is 1. The van der Waals surface area contributed by atoms with Crippen LogP contribution < -0.4 is 5.32 Å². The lowest BCUT2D eigenvalue weighted by molar-refractivity contribution is 0.0898. The number of halogens is 1. The van der Waals surface area contributed by atoms with E-state index >= 15 is 0 Å². The quantitative estimate of drug-likeness (QED) is 0.722. The average Bonchev–Trinajstić information content (AvgIpc) is 3.39. The molecular formula is C22H31FN4OS. The van der Waals surface area contributed by atoms with Crippen LogP contribution in [-0.2, 0) is 0 Å². The predicted octanol–water partition coefficient (Wildman–Crippen LogP) is 3.94. The molecule has 2 heterocycles. The Balaban J connectivity index is 1.39. The van der Waals surface area contributed by atoms with Crippen LogP contribution in [0.15, 0.2) is 18.2 Å². The summed E-state index contributed by atoms with van der Waals surface area (Å²) in [6, 6.07) is 6.16. The van der Waals surface area contributed by atoms with E-state index in [-0.39, 0.29) is 17.8 Å². The molecule has 2 fully saturated rings. The first-order chi connectivity index (χ1) is 14.0. The van der Waals surface area contributed by atoms with Gasteiger partial charge in [-0.25, -0.2) is 8.70 Å². The van der Waals surface area contributed by atoms with Crippen LogP contribution in [0.4, 0.5) is 4.39 Å². The largest absolute Gasteiger partial charge is 0.350 e. The SMILES string of the molecule is CSN(C)C1CCN(C2CCCC(NC(=O)c3cc4c(F)ccc(C)c4[nH]3)C2)C1. The molecule has 1 amide bonds. The number of nitrogens with one attached hydrogen (secondary N) is 2. The Hall–Kier alpha value is -1.57. The minimum atomic E-state index is -0.294. The molecule has 4 rings (SSSR count). The second-order valence-electron chi connectivity index (χ2n) is 8.49. The van der Waals surface area contributed by atoms with Crippen molar-refractivity contribution in [2.24, 2.45) is 0 Å². The van der Waals surface area contributed by atoms with Gasteiger partial charge in [0.1, 0.15) is 11.5 Å². The number of amides is 1. The van der Waals surface area contributed by atoms with Crippen LogP contribution >= 0.6 is 11.9 Å². The lowest BCUT2D eigenvalue weighted by Gasteiger charge is -2.36. The Morgan fingerprint density at radius 2 is 2.17 bits per heavy atom. The van der Waals surface area contributed by atoms with Crippen LogP contribution in [0.5, 0.6) is 0 Å². The third kappa shape index (κ3) is 4.32. The van der Waals surface area contributed by atoms with E-state index in [1.54, 1.807) is 24.1 Å². The fraction of sp³-hybridized carbons (Fsp3) is 0.591. The highest BCUT2D eigenvalue weighted by atomic mass is 32.2. The zero-order valence-electron chi connectivity index (χ0n) is 17.5. The van der Waals surface area contributed by atoms with Gasteiger partial charge in [0.25, 0.3) is 5.91 Å². The van der Waals surface area contributed by atoms with Gasteiger partial charge in [0.05, 0.1) is 5.52 Å². The van der Waals surface area contributed by atoms with Crippen molar-refractivity contribution in [2.45, 2.75) is 57.2 Å². The van der Waals surface area contributed by atoms with Crippen molar-refractivity contribution >= 4 is 28.8 Å². The van der Waals surface area contributed by atoms with E-state index in [1.165, 1.54) is 18.9 Å². The summed E-state index contributed by atoms with van der Waals surface area (Å²) >= 11 is 1.80. The molecule has 1 saturated carbocycles. The van der Waals surface area contributed by atoms with Crippen molar-refractivity contribution in [1.29, 1.82) is 0 Å². The minimum Gasteiger partial charge on any atom is -0.350 e. The molecule has 1 aliphatic carbocycles. The summed E-state index contributed by atoms with van der Waals surface area (Å²) in [5.41, 5.74) is 2.09. The molecule has 2 aliphatic rings. The van der Waals surface area contributed by atoms with E-state index in [0.29, 0.717) is 28.7 Å². The summed E-state index contributed by atoms with van der Waals surface area (Å²) in [5, 5.41) is 3.68. The molecule has 2 N–H and O–H groups in total. The molecule has 3 unspecified atom stereocenters. The molecule has 158 valence electrons. The highest BCUT2D eigenvalue weighted by molar-refractivity contribution is 7.96. The van der Waals surface area contributed by atoms with E-state index in [4.69, 9.17) is 0 Å². The standard InChI is InChI=1S/C22H31FN4OS/c1-14-7-8-19(23)18-12-20(25-21(14)18)22(28)24-15-5-4-6-16(11-15)27-10-9-17(13-27)26(2)29-3/h7-8,12,15-17,25H,4-6,9-11,13H2,1-3H3,(H,24,28). The van der Waals surface area contributed by atoms with Gasteiger partial charge < -0.3 is 10.3 Å². The Bertz CT molecular complexity index is 846. The Morgan fingerprint density at radius 1 is 1.34 bits per heavy atom. The molecule has 2 aromatic rings. The molecule has 3 atom stereocenters. The Kier molecular flexibility index (Phi) is 6.18. The minimum absolute atomic E-state index is 0.132. The number of aromatic nitrogens is 1. The number of aryl methyl sites for hydroxylation is 1. The maximum Gasteiger partial charge on any atom is 0.267 e. The first kappa shape index (κ1) is 20.7. The summed E-state index contributed by atoms with van der Waals surface area (Å²) in [6.07, 6.45) is 7.69.